The van der Waals surface area contributed by atoms with Crippen LogP contribution in [0.3, 0.4) is 0 Å². The number of rotatable bonds is 3. The molecule has 1 atom stereocenters. The first-order valence-corrected chi connectivity index (χ1v) is 4.93. The van der Waals surface area contributed by atoms with E-state index in [-0.39, 0.29) is 5.92 Å². The summed E-state index contributed by atoms with van der Waals surface area (Å²) >= 11 is 5.97. The summed E-state index contributed by atoms with van der Waals surface area (Å²) < 4.78 is 5.04. The fourth-order valence-electron chi connectivity index (χ4n) is 1.16. The molecule has 0 amide bonds. The second-order valence-electron chi connectivity index (χ2n) is 3.44. The van der Waals surface area contributed by atoms with Crippen molar-refractivity contribution in [1.29, 1.82) is 0 Å². The van der Waals surface area contributed by atoms with Gasteiger partial charge in [0.15, 0.2) is 0 Å². The van der Waals surface area contributed by atoms with E-state index >= 15 is 0 Å². The molecule has 78 valence electrons. The Balaban J connectivity index is 3.00. The highest BCUT2D eigenvalue weighted by Crippen LogP contribution is 2.18. The molecule has 1 aromatic rings. The van der Waals surface area contributed by atoms with Gasteiger partial charge in [0, 0.05) is 24.3 Å². The summed E-state index contributed by atoms with van der Waals surface area (Å²) in [5.41, 5.74) is 1.88. The lowest BCUT2D eigenvalue weighted by molar-refractivity contribution is 0.181. The molecule has 1 unspecified atom stereocenters. The average molecular weight is 215 g/mol. The van der Waals surface area contributed by atoms with Crippen LogP contribution in [-0.2, 0) is 4.74 Å². The molecule has 0 bridgehead atoms. The molecule has 0 aliphatic rings. The van der Waals surface area contributed by atoms with E-state index in [0.717, 1.165) is 17.1 Å². The van der Waals surface area contributed by atoms with E-state index in [1.54, 1.807) is 7.11 Å². The number of aromatic nitrogens is 2. The van der Waals surface area contributed by atoms with Crippen LogP contribution in [-0.4, -0.2) is 23.7 Å². The maximum atomic E-state index is 5.97. The monoisotopic (exact) mass is 214 g/mol. The van der Waals surface area contributed by atoms with Gasteiger partial charge in [0.1, 0.15) is 11.0 Å². The predicted octanol–water partition coefficient (Wildman–Crippen LogP) is 2.50. The predicted molar refractivity (Wildman–Crippen MR) is 56.8 cm³/mol. The third kappa shape index (κ3) is 2.42. The number of hydrogen-bond donors (Lipinski definition) is 0. The zero-order chi connectivity index (χ0) is 10.7. The van der Waals surface area contributed by atoms with Gasteiger partial charge in [-0.3, -0.25) is 0 Å². The fourth-order valence-corrected chi connectivity index (χ4v) is 1.38. The van der Waals surface area contributed by atoms with E-state index in [4.69, 9.17) is 16.3 Å². The number of ether oxygens (including phenoxy) is 1. The molecule has 0 spiro atoms. The van der Waals surface area contributed by atoms with Gasteiger partial charge in [-0.15, -0.1) is 0 Å². The molecule has 0 saturated heterocycles. The topological polar surface area (TPSA) is 35.0 Å². The summed E-state index contributed by atoms with van der Waals surface area (Å²) in [7, 11) is 1.67. The van der Waals surface area contributed by atoms with Crippen LogP contribution < -0.4 is 0 Å². The lowest BCUT2D eigenvalue weighted by Gasteiger charge is -2.11. The number of aryl methyl sites for hydroxylation is 1. The normalized spacial score (nSPS) is 12.9. The molecule has 0 aliphatic heterocycles. The molecule has 0 radical (unpaired) electrons. The summed E-state index contributed by atoms with van der Waals surface area (Å²) in [6.07, 6.45) is 0. The molecule has 4 heteroatoms. The van der Waals surface area contributed by atoms with Gasteiger partial charge >= 0.3 is 0 Å². The standard InChI is InChI=1S/C10H15ClN2O/c1-6(5-14-4)10-12-8(3)7(2)9(11)13-10/h6H,5H2,1-4H3. The van der Waals surface area contributed by atoms with Crippen molar-refractivity contribution < 1.29 is 4.74 Å². The molecule has 0 N–H and O–H groups in total. The Morgan fingerprint density at radius 3 is 2.50 bits per heavy atom. The highest BCUT2D eigenvalue weighted by molar-refractivity contribution is 6.30. The van der Waals surface area contributed by atoms with Gasteiger partial charge < -0.3 is 4.74 Å². The summed E-state index contributed by atoms with van der Waals surface area (Å²) in [6.45, 7) is 6.48. The first-order chi connectivity index (χ1) is 6.56. The zero-order valence-electron chi connectivity index (χ0n) is 8.97. The van der Waals surface area contributed by atoms with Crippen molar-refractivity contribution in [2.24, 2.45) is 0 Å². The SMILES string of the molecule is COCC(C)c1nc(C)c(C)c(Cl)n1. The van der Waals surface area contributed by atoms with Crippen LogP contribution in [0.2, 0.25) is 5.15 Å². The van der Waals surface area contributed by atoms with Crippen molar-refractivity contribution in [2.45, 2.75) is 26.7 Å². The molecular formula is C10H15ClN2O. The van der Waals surface area contributed by atoms with Gasteiger partial charge in [0.2, 0.25) is 0 Å². The van der Waals surface area contributed by atoms with E-state index in [9.17, 15) is 0 Å². The van der Waals surface area contributed by atoms with Gasteiger partial charge in [-0.2, -0.15) is 0 Å². The average Bonchev–Trinajstić information content (AvgIpc) is 2.13. The van der Waals surface area contributed by atoms with Crippen LogP contribution in [0.5, 0.6) is 0 Å². The first kappa shape index (κ1) is 11.4. The number of hydrogen-bond acceptors (Lipinski definition) is 3. The Kier molecular flexibility index (Phi) is 3.84. The Labute approximate surface area is 89.5 Å². The maximum Gasteiger partial charge on any atom is 0.135 e. The van der Waals surface area contributed by atoms with Gasteiger partial charge in [0.05, 0.1) is 6.61 Å². The summed E-state index contributed by atoms with van der Waals surface area (Å²) in [5.74, 6) is 0.928. The lowest BCUT2D eigenvalue weighted by atomic mass is 10.1. The minimum absolute atomic E-state index is 0.178. The summed E-state index contributed by atoms with van der Waals surface area (Å²) in [5, 5.41) is 0.537. The Hall–Kier alpha value is -0.670. The van der Waals surface area contributed by atoms with Crippen LogP contribution >= 0.6 is 11.6 Å². The Morgan fingerprint density at radius 2 is 2.00 bits per heavy atom. The third-order valence-electron chi connectivity index (χ3n) is 2.20. The van der Waals surface area contributed by atoms with E-state index in [0.29, 0.717) is 11.8 Å². The second kappa shape index (κ2) is 4.71. The minimum Gasteiger partial charge on any atom is -0.384 e. The van der Waals surface area contributed by atoms with Gasteiger partial charge in [0.25, 0.3) is 0 Å². The highest BCUT2D eigenvalue weighted by Gasteiger charge is 2.12. The fraction of sp³-hybridized carbons (Fsp3) is 0.600. The molecule has 0 fully saturated rings. The molecular weight excluding hydrogens is 200 g/mol. The van der Waals surface area contributed by atoms with Crippen LogP contribution in [0, 0.1) is 13.8 Å². The van der Waals surface area contributed by atoms with Crippen LogP contribution in [0.15, 0.2) is 0 Å². The second-order valence-corrected chi connectivity index (χ2v) is 3.80. The molecule has 1 heterocycles. The lowest BCUT2D eigenvalue weighted by Crippen LogP contribution is -2.09. The van der Waals surface area contributed by atoms with Crippen molar-refractivity contribution in [2.75, 3.05) is 13.7 Å². The van der Waals surface area contributed by atoms with Crippen molar-refractivity contribution in [3.8, 4) is 0 Å². The minimum atomic E-state index is 0.178. The molecule has 0 saturated carbocycles. The van der Waals surface area contributed by atoms with Gasteiger partial charge in [-0.1, -0.05) is 18.5 Å². The van der Waals surface area contributed by atoms with Crippen LogP contribution in [0.25, 0.3) is 0 Å². The van der Waals surface area contributed by atoms with Crippen molar-refractivity contribution in [3.05, 3.63) is 22.2 Å². The first-order valence-electron chi connectivity index (χ1n) is 4.55. The number of methoxy groups -OCH3 is 1. The maximum absolute atomic E-state index is 5.97. The number of halogens is 1. The van der Waals surface area contributed by atoms with E-state index < -0.39 is 0 Å². The van der Waals surface area contributed by atoms with Gasteiger partial charge in [-0.25, -0.2) is 9.97 Å². The molecule has 1 rings (SSSR count). The smallest absolute Gasteiger partial charge is 0.135 e. The number of nitrogens with zero attached hydrogens (tertiary/aromatic N) is 2. The largest absolute Gasteiger partial charge is 0.384 e. The summed E-state index contributed by atoms with van der Waals surface area (Å²) in [4.78, 5) is 8.60. The molecule has 1 aromatic heterocycles. The van der Waals surface area contributed by atoms with Gasteiger partial charge in [-0.05, 0) is 13.8 Å². The van der Waals surface area contributed by atoms with Crippen LogP contribution in [0.4, 0.5) is 0 Å². The summed E-state index contributed by atoms with van der Waals surface area (Å²) in [6, 6.07) is 0. The molecule has 14 heavy (non-hydrogen) atoms. The highest BCUT2D eigenvalue weighted by atomic mass is 35.5. The molecule has 3 nitrogen and oxygen atoms in total. The van der Waals surface area contributed by atoms with Crippen molar-refractivity contribution >= 4 is 11.6 Å². The zero-order valence-corrected chi connectivity index (χ0v) is 9.72. The molecule has 0 aliphatic carbocycles. The van der Waals surface area contributed by atoms with E-state index in [1.165, 1.54) is 0 Å². The van der Waals surface area contributed by atoms with Crippen molar-refractivity contribution in [3.63, 3.8) is 0 Å². The Bertz CT molecular complexity index is 305. The molecule has 0 aromatic carbocycles. The van der Waals surface area contributed by atoms with E-state index in [2.05, 4.69) is 9.97 Å². The Morgan fingerprint density at radius 1 is 1.36 bits per heavy atom. The quantitative estimate of drug-likeness (QED) is 0.726. The third-order valence-corrected chi connectivity index (χ3v) is 2.57. The van der Waals surface area contributed by atoms with Crippen molar-refractivity contribution in [1.82, 2.24) is 9.97 Å². The van der Waals surface area contributed by atoms with E-state index in [1.807, 2.05) is 20.8 Å². The van der Waals surface area contributed by atoms with Crippen LogP contribution in [0.1, 0.15) is 29.9 Å².